The number of guanidine groups is 1. The van der Waals surface area contributed by atoms with Crippen molar-refractivity contribution in [3.8, 4) is 0 Å². The number of hydrogen-bond donors (Lipinski definition) is 2. The van der Waals surface area contributed by atoms with Crippen LogP contribution >= 0.6 is 0 Å². The molecule has 4 heteroatoms. The second kappa shape index (κ2) is 7.69. The van der Waals surface area contributed by atoms with Crippen LogP contribution in [0, 0.1) is 12.7 Å². The zero-order chi connectivity index (χ0) is 13.4. The predicted octanol–water partition coefficient (Wildman–Crippen LogP) is 2.60. The molecule has 0 aromatic heterocycles. The Morgan fingerprint density at radius 2 is 2.06 bits per heavy atom. The lowest BCUT2D eigenvalue weighted by Crippen LogP contribution is -2.37. The van der Waals surface area contributed by atoms with Crippen LogP contribution in [0.15, 0.2) is 23.2 Å². The Morgan fingerprint density at radius 1 is 1.28 bits per heavy atom. The summed E-state index contributed by atoms with van der Waals surface area (Å²) in [4.78, 5) is 4.42. The highest BCUT2D eigenvalue weighted by Gasteiger charge is 2.00. The number of nitrogens with zero attached hydrogens (tertiary/aromatic N) is 1. The molecule has 0 unspecified atom stereocenters. The first-order chi connectivity index (χ1) is 8.67. The molecule has 18 heavy (non-hydrogen) atoms. The van der Waals surface area contributed by atoms with Crippen LogP contribution in [-0.4, -0.2) is 19.0 Å². The van der Waals surface area contributed by atoms with Crippen LogP contribution < -0.4 is 10.6 Å². The van der Waals surface area contributed by atoms with E-state index < -0.39 is 0 Å². The molecular weight excluding hydrogens is 229 g/mol. The molecule has 100 valence electrons. The molecule has 0 radical (unpaired) electrons. The largest absolute Gasteiger partial charge is 0.357 e. The summed E-state index contributed by atoms with van der Waals surface area (Å²) < 4.78 is 13.4. The smallest absolute Gasteiger partial charge is 0.191 e. The van der Waals surface area contributed by atoms with Gasteiger partial charge in [-0.3, -0.25) is 0 Å². The number of hydrogen-bond acceptors (Lipinski definition) is 1. The van der Waals surface area contributed by atoms with E-state index in [2.05, 4.69) is 22.5 Å². The van der Waals surface area contributed by atoms with Gasteiger partial charge in [0.05, 0.1) is 6.54 Å². The zero-order valence-corrected chi connectivity index (χ0v) is 11.4. The van der Waals surface area contributed by atoms with E-state index in [1.807, 2.05) is 13.0 Å². The van der Waals surface area contributed by atoms with Gasteiger partial charge in [0.25, 0.3) is 0 Å². The topological polar surface area (TPSA) is 36.4 Å². The third-order valence-electron chi connectivity index (χ3n) is 2.54. The number of nitrogens with one attached hydrogen (secondary N) is 2. The summed E-state index contributed by atoms with van der Waals surface area (Å²) in [7, 11) is 0. The third kappa shape index (κ3) is 4.73. The molecule has 1 aromatic carbocycles. The van der Waals surface area contributed by atoms with Crippen LogP contribution in [0.4, 0.5) is 4.39 Å². The van der Waals surface area contributed by atoms with E-state index >= 15 is 0 Å². The van der Waals surface area contributed by atoms with Crippen LogP contribution in [0.3, 0.4) is 0 Å². The molecule has 0 aliphatic carbocycles. The van der Waals surface area contributed by atoms with Gasteiger partial charge in [-0.15, -0.1) is 0 Å². The van der Waals surface area contributed by atoms with Crippen molar-refractivity contribution < 1.29 is 4.39 Å². The number of halogens is 1. The highest BCUT2D eigenvalue weighted by atomic mass is 19.1. The van der Waals surface area contributed by atoms with Gasteiger partial charge in [-0.1, -0.05) is 19.1 Å². The first-order valence-electron chi connectivity index (χ1n) is 6.44. The van der Waals surface area contributed by atoms with Crippen molar-refractivity contribution >= 4 is 5.96 Å². The van der Waals surface area contributed by atoms with Gasteiger partial charge in [0, 0.05) is 13.1 Å². The minimum atomic E-state index is -0.172. The summed E-state index contributed by atoms with van der Waals surface area (Å²) in [6.07, 6.45) is 1.05. The van der Waals surface area contributed by atoms with E-state index in [1.54, 1.807) is 19.1 Å². The van der Waals surface area contributed by atoms with Crippen LogP contribution in [0.5, 0.6) is 0 Å². The standard InChI is InChI=1S/C14H22FN3/c1-4-8-17-14(16-5-2)18-10-12-7-6-11(3)13(15)9-12/h6-7,9H,4-5,8,10H2,1-3H3,(H2,16,17,18). The zero-order valence-electron chi connectivity index (χ0n) is 11.4. The fourth-order valence-electron chi connectivity index (χ4n) is 1.49. The molecule has 0 amide bonds. The molecule has 0 saturated heterocycles. The molecule has 0 spiro atoms. The van der Waals surface area contributed by atoms with E-state index in [9.17, 15) is 4.39 Å². The summed E-state index contributed by atoms with van der Waals surface area (Å²) >= 11 is 0. The van der Waals surface area contributed by atoms with Gasteiger partial charge < -0.3 is 10.6 Å². The van der Waals surface area contributed by atoms with Gasteiger partial charge in [0.1, 0.15) is 5.82 Å². The van der Waals surface area contributed by atoms with Gasteiger partial charge in [0.15, 0.2) is 5.96 Å². The summed E-state index contributed by atoms with van der Waals surface area (Å²) in [5.41, 5.74) is 1.55. The molecule has 1 rings (SSSR count). The quantitative estimate of drug-likeness (QED) is 0.623. The number of aliphatic imine (C=N–C) groups is 1. The maximum absolute atomic E-state index is 13.4. The average Bonchev–Trinajstić information content (AvgIpc) is 2.37. The lowest BCUT2D eigenvalue weighted by molar-refractivity contribution is 0.616. The summed E-state index contributed by atoms with van der Waals surface area (Å²) in [5.74, 6) is 0.606. The summed E-state index contributed by atoms with van der Waals surface area (Å²) in [5, 5.41) is 6.37. The van der Waals surface area contributed by atoms with Crippen molar-refractivity contribution in [2.75, 3.05) is 13.1 Å². The number of benzene rings is 1. The third-order valence-corrected chi connectivity index (χ3v) is 2.54. The first kappa shape index (κ1) is 14.5. The second-order valence-corrected chi connectivity index (χ2v) is 4.21. The fraction of sp³-hybridized carbons (Fsp3) is 0.500. The normalized spacial score (nSPS) is 11.4. The maximum Gasteiger partial charge on any atom is 0.191 e. The predicted molar refractivity (Wildman–Crippen MR) is 74.2 cm³/mol. The molecule has 0 atom stereocenters. The highest BCUT2D eigenvalue weighted by molar-refractivity contribution is 5.79. The van der Waals surface area contributed by atoms with Gasteiger partial charge in [-0.05, 0) is 37.5 Å². The van der Waals surface area contributed by atoms with Gasteiger partial charge in [-0.2, -0.15) is 0 Å². The van der Waals surface area contributed by atoms with Crippen molar-refractivity contribution in [2.45, 2.75) is 33.7 Å². The molecule has 2 N–H and O–H groups in total. The van der Waals surface area contributed by atoms with Gasteiger partial charge in [-0.25, -0.2) is 9.38 Å². The van der Waals surface area contributed by atoms with Crippen molar-refractivity contribution in [1.29, 1.82) is 0 Å². The van der Waals surface area contributed by atoms with Crippen molar-refractivity contribution in [3.05, 3.63) is 35.1 Å². The molecule has 0 bridgehead atoms. The van der Waals surface area contributed by atoms with E-state index in [4.69, 9.17) is 0 Å². The van der Waals surface area contributed by atoms with E-state index in [0.717, 1.165) is 31.0 Å². The van der Waals surface area contributed by atoms with Crippen molar-refractivity contribution in [1.82, 2.24) is 10.6 Å². The lowest BCUT2D eigenvalue weighted by Gasteiger charge is -2.10. The van der Waals surface area contributed by atoms with Gasteiger partial charge >= 0.3 is 0 Å². The molecule has 0 aliphatic rings. The van der Waals surface area contributed by atoms with E-state index in [1.165, 1.54) is 0 Å². The second-order valence-electron chi connectivity index (χ2n) is 4.21. The number of rotatable bonds is 5. The van der Waals surface area contributed by atoms with E-state index in [0.29, 0.717) is 12.1 Å². The van der Waals surface area contributed by atoms with Crippen LogP contribution in [0.25, 0.3) is 0 Å². The Bertz CT molecular complexity index is 402. The van der Waals surface area contributed by atoms with Crippen LogP contribution in [0.2, 0.25) is 0 Å². The molecule has 1 aromatic rings. The molecule has 3 nitrogen and oxygen atoms in total. The SMILES string of the molecule is CCCNC(=NCc1ccc(C)c(F)c1)NCC. The molecule has 0 heterocycles. The lowest BCUT2D eigenvalue weighted by atomic mass is 10.1. The molecular formula is C14H22FN3. The Balaban J connectivity index is 2.65. The van der Waals surface area contributed by atoms with Gasteiger partial charge in [0.2, 0.25) is 0 Å². The molecule has 0 saturated carbocycles. The van der Waals surface area contributed by atoms with Crippen molar-refractivity contribution in [3.63, 3.8) is 0 Å². The van der Waals surface area contributed by atoms with Crippen molar-refractivity contribution in [2.24, 2.45) is 4.99 Å². The minimum Gasteiger partial charge on any atom is -0.357 e. The minimum absolute atomic E-state index is 0.172. The number of aryl methyl sites for hydroxylation is 1. The van der Waals surface area contributed by atoms with Crippen LogP contribution in [0.1, 0.15) is 31.4 Å². The molecule has 0 aliphatic heterocycles. The first-order valence-corrected chi connectivity index (χ1v) is 6.44. The van der Waals surface area contributed by atoms with Crippen LogP contribution in [-0.2, 0) is 6.54 Å². The summed E-state index contributed by atoms with van der Waals surface area (Å²) in [6, 6.07) is 5.24. The average molecular weight is 251 g/mol. The Hall–Kier alpha value is -1.58. The van der Waals surface area contributed by atoms with E-state index in [-0.39, 0.29) is 5.82 Å². The highest BCUT2D eigenvalue weighted by Crippen LogP contribution is 2.09. The fourth-order valence-corrected chi connectivity index (χ4v) is 1.49. The Kier molecular flexibility index (Phi) is 6.19. The monoisotopic (exact) mass is 251 g/mol. The Morgan fingerprint density at radius 3 is 2.67 bits per heavy atom. The Labute approximate surface area is 109 Å². The summed E-state index contributed by atoms with van der Waals surface area (Å²) in [6.45, 7) is 8.07. The maximum atomic E-state index is 13.4. The molecule has 0 fully saturated rings.